The van der Waals surface area contributed by atoms with Gasteiger partial charge in [0.15, 0.2) is 0 Å². The van der Waals surface area contributed by atoms with Crippen LogP contribution in [0.4, 0.5) is 0 Å². The van der Waals surface area contributed by atoms with Crippen LogP contribution in [-0.2, 0) is 7.05 Å². The van der Waals surface area contributed by atoms with Crippen molar-refractivity contribution >= 4 is 15.9 Å². The summed E-state index contributed by atoms with van der Waals surface area (Å²) in [6.45, 7) is 5.13. The van der Waals surface area contributed by atoms with Gasteiger partial charge in [0.05, 0.1) is 11.7 Å². The van der Waals surface area contributed by atoms with Gasteiger partial charge in [0.2, 0.25) is 0 Å². The van der Waals surface area contributed by atoms with Crippen LogP contribution in [0.15, 0.2) is 34.9 Å². The third-order valence-electron chi connectivity index (χ3n) is 2.95. The fourth-order valence-electron chi connectivity index (χ4n) is 2.03. The van der Waals surface area contributed by atoms with E-state index in [1.807, 2.05) is 17.9 Å². The predicted molar refractivity (Wildman–Crippen MR) is 77.6 cm³/mol. The summed E-state index contributed by atoms with van der Waals surface area (Å²) < 4.78 is 2.98. The SMILES string of the molecule is CCNC(c1ccc(Br)c(C)c1)c1ccn(C)n1. The van der Waals surface area contributed by atoms with E-state index in [1.165, 1.54) is 11.1 Å². The minimum atomic E-state index is 0.156. The molecule has 0 bridgehead atoms. The third-order valence-corrected chi connectivity index (χ3v) is 3.84. The Hall–Kier alpha value is -1.13. The minimum absolute atomic E-state index is 0.156. The molecule has 1 atom stereocenters. The molecule has 3 nitrogen and oxygen atoms in total. The number of aromatic nitrogens is 2. The van der Waals surface area contributed by atoms with Crippen molar-refractivity contribution in [2.24, 2.45) is 7.05 Å². The number of rotatable bonds is 4. The lowest BCUT2D eigenvalue weighted by atomic mass is 10.0. The van der Waals surface area contributed by atoms with E-state index >= 15 is 0 Å². The summed E-state index contributed by atoms with van der Waals surface area (Å²) in [6.07, 6.45) is 1.98. The normalized spacial score (nSPS) is 12.7. The molecule has 2 aromatic rings. The molecule has 2 rings (SSSR count). The van der Waals surface area contributed by atoms with Crippen LogP contribution in [0, 0.1) is 6.92 Å². The highest BCUT2D eigenvalue weighted by molar-refractivity contribution is 9.10. The molecular formula is C14H18BrN3. The van der Waals surface area contributed by atoms with Crippen molar-refractivity contribution in [3.63, 3.8) is 0 Å². The topological polar surface area (TPSA) is 29.9 Å². The first-order chi connectivity index (χ1) is 8.61. The monoisotopic (exact) mass is 307 g/mol. The van der Waals surface area contributed by atoms with E-state index in [0.717, 1.165) is 16.7 Å². The molecule has 0 saturated heterocycles. The highest BCUT2D eigenvalue weighted by Crippen LogP contribution is 2.25. The Morgan fingerprint density at radius 1 is 1.39 bits per heavy atom. The van der Waals surface area contributed by atoms with E-state index in [1.54, 1.807) is 0 Å². The smallest absolute Gasteiger partial charge is 0.0839 e. The van der Waals surface area contributed by atoms with Crippen LogP contribution in [0.5, 0.6) is 0 Å². The van der Waals surface area contributed by atoms with Crippen LogP contribution < -0.4 is 5.32 Å². The molecule has 0 saturated carbocycles. The molecule has 0 spiro atoms. The zero-order valence-electron chi connectivity index (χ0n) is 10.9. The minimum Gasteiger partial charge on any atom is -0.305 e. The Balaban J connectivity index is 2.37. The lowest BCUT2D eigenvalue weighted by Gasteiger charge is -2.17. The Labute approximate surface area is 116 Å². The highest BCUT2D eigenvalue weighted by Gasteiger charge is 2.15. The number of benzene rings is 1. The Morgan fingerprint density at radius 3 is 2.72 bits per heavy atom. The van der Waals surface area contributed by atoms with Crippen LogP contribution in [0.1, 0.15) is 29.8 Å². The maximum absolute atomic E-state index is 4.50. The van der Waals surface area contributed by atoms with Gasteiger partial charge in [-0.25, -0.2) is 0 Å². The zero-order valence-corrected chi connectivity index (χ0v) is 12.5. The molecule has 0 amide bonds. The summed E-state index contributed by atoms with van der Waals surface area (Å²) in [7, 11) is 1.94. The fraction of sp³-hybridized carbons (Fsp3) is 0.357. The van der Waals surface area contributed by atoms with Crippen molar-refractivity contribution in [3.05, 3.63) is 51.8 Å². The molecule has 0 aliphatic rings. The van der Waals surface area contributed by atoms with Gasteiger partial charge >= 0.3 is 0 Å². The Kier molecular flexibility index (Phi) is 4.19. The number of nitrogens with one attached hydrogen (secondary N) is 1. The lowest BCUT2D eigenvalue weighted by molar-refractivity contribution is 0.599. The summed E-state index contributed by atoms with van der Waals surface area (Å²) in [5.41, 5.74) is 3.55. The van der Waals surface area contributed by atoms with Crippen LogP contribution in [0.3, 0.4) is 0 Å². The molecule has 18 heavy (non-hydrogen) atoms. The van der Waals surface area contributed by atoms with Crippen molar-refractivity contribution in [1.82, 2.24) is 15.1 Å². The molecule has 1 N–H and O–H groups in total. The second kappa shape index (κ2) is 5.67. The average molecular weight is 308 g/mol. The van der Waals surface area contributed by atoms with Gasteiger partial charge in [0, 0.05) is 17.7 Å². The Bertz CT molecular complexity index is 534. The van der Waals surface area contributed by atoms with Gasteiger partial charge in [-0.2, -0.15) is 5.10 Å². The van der Waals surface area contributed by atoms with E-state index < -0.39 is 0 Å². The van der Waals surface area contributed by atoms with Gasteiger partial charge < -0.3 is 5.32 Å². The van der Waals surface area contributed by atoms with E-state index in [4.69, 9.17) is 0 Å². The van der Waals surface area contributed by atoms with Gasteiger partial charge in [0.25, 0.3) is 0 Å². The maximum atomic E-state index is 4.50. The van der Waals surface area contributed by atoms with Gasteiger partial charge in [0.1, 0.15) is 0 Å². The van der Waals surface area contributed by atoms with Gasteiger partial charge in [-0.1, -0.05) is 35.0 Å². The molecule has 1 aromatic carbocycles. The number of hydrogen-bond acceptors (Lipinski definition) is 2. The van der Waals surface area contributed by atoms with Crippen molar-refractivity contribution < 1.29 is 0 Å². The quantitative estimate of drug-likeness (QED) is 0.940. The molecular weight excluding hydrogens is 290 g/mol. The van der Waals surface area contributed by atoms with Crippen molar-refractivity contribution in [1.29, 1.82) is 0 Å². The van der Waals surface area contributed by atoms with Crippen LogP contribution in [0.25, 0.3) is 0 Å². The number of aryl methyl sites for hydroxylation is 2. The summed E-state index contributed by atoms with van der Waals surface area (Å²) in [4.78, 5) is 0. The number of halogens is 1. The van der Waals surface area contributed by atoms with E-state index in [9.17, 15) is 0 Å². The van der Waals surface area contributed by atoms with E-state index in [-0.39, 0.29) is 6.04 Å². The second-order valence-electron chi connectivity index (χ2n) is 4.41. The summed E-state index contributed by atoms with van der Waals surface area (Å²) >= 11 is 3.54. The summed E-state index contributed by atoms with van der Waals surface area (Å²) in [6, 6.07) is 8.65. The summed E-state index contributed by atoms with van der Waals surface area (Å²) in [5.74, 6) is 0. The average Bonchev–Trinajstić information content (AvgIpc) is 2.76. The van der Waals surface area contributed by atoms with Gasteiger partial charge in [-0.05, 0) is 36.7 Å². The highest BCUT2D eigenvalue weighted by atomic mass is 79.9. The standard InChI is InChI=1S/C14H18BrN3/c1-4-16-14(13-7-8-18(3)17-13)11-5-6-12(15)10(2)9-11/h5-9,14,16H,4H2,1-3H3. The van der Waals surface area contributed by atoms with E-state index in [0.29, 0.717) is 0 Å². The largest absolute Gasteiger partial charge is 0.305 e. The first-order valence-electron chi connectivity index (χ1n) is 6.10. The molecule has 0 aliphatic heterocycles. The van der Waals surface area contributed by atoms with Gasteiger partial charge in [-0.3, -0.25) is 4.68 Å². The first kappa shape index (κ1) is 13.3. The second-order valence-corrected chi connectivity index (χ2v) is 5.27. The van der Waals surface area contributed by atoms with E-state index in [2.05, 4.69) is 64.5 Å². The van der Waals surface area contributed by atoms with Crippen LogP contribution >= 0.6 is 15.9 Å². The molecule has 4 heteroatoms. The zero-order chi connectivity index (χ0) is 13.1. The fourth-order valence-corrected chi connectivity index (χ4v) is 2.28. The number of nitrogens with zero attached hydrogens (tertiary/aromatic N) is 2. The molecule has 1 unspecified atom stereocenters. The van der Waals surface area contributed by atoms with Crippen molar-refractivity contribution in [2.45, 2.75) is 19.9 Å². The first-order valence-corrected chi connectivity index (χ1v) is 6.90. The van der Waals surface area contributed by atoms with Gasteiger partial charge in [-0.15, -0.1) is 0 Å². The van der Waals surface area contributed by atoms with Crippen molar-refractivity contribution in [3.8, 4) is 0 Å². The molecule has 0 fully saturated rings. The molecule has 1 aromatic heterocycles. The van der Waals surface area contributed by atoms with Crippen LogP contribution in [0.2, 0.25) is 0 Å². The Morgan fingerprint density at radius 2 is 2.17 bits per heavy atom. The molecule has 96 valence electrons. The lowest BCUT2D eigenvalue weighted by Crippen LogP contribution is -2.22. The summed E-state index contributed by atoms with van der Waals surface area (Å²) in [5, 5.41) is 7.98. The third kappa shape index (κ3) is 2.82. The molecule has 0 radical (unpaired) electrons. The van der Waals surface area contributed by atoms with Crippen molar-refractivity contribution in [2.75, 3.05) is 6.54 Å². The predicted octanol–water partition coefficient (Wildman–Crippen LogP) is 3.19. The van der Waals surface area contributed by atoms with Crippen LogP contribution in [-0.4, -0.2) is 16.3 Å². The number of hydrogen-bond donors (Lipinski definition) is 1. The molecule has 0 aliphatic carbocycles. The molecule has 1 heterocycles. The maximum Gasteiger partial charge on any atom is 0.0839 e.